The first-order valence-corrected chi connectivity index (χ1v) is 8.74. The Hall–Kier alpha value is -2.41. The maximum Gasteiger partial charge on any atom is 0.225 e. The molecule has 1 saturated heterocycles. The molecule has 3 aromatic heterocycles. The molecule has 7 nitrogen and oxygen atoms in total. The van der Waals surface area contributed by atoms with Crippen LogP contribution in [0, 0.1) is 0 Å². The number of piperidine rings is 1. The summed E-state index contributed by atoms with van der Waals surface area (Å²) in [6.45, 7) is 1.89. The lowest BCUT2D eigenvalue weighted by atomic mass is 10.0. The molecule has 1 aliphatic heterocycles. The number of aromatic nitrogens is 5. The topological polar surface area (TPSA) is 63.0 Å². The lowest BCUT2D eigenvalue weighted by Crippen LogP contribution is -2.44. The van der Waals surface area contributed by atoms with Crippen molar-refractivity contribution in [3.05, 3.63) is 35.7 Å². The lowest BCUT2D eigenvalue weighted by molar-refractivity contribution is 0.471. The van der Waals surface area contributed by atoms with Gasteiger partial charge in [0.25, 0.3) is 0 Å². The second-order valence-corrected chi connectivity index (χ2v) is 6.78. The van der Waals surface area contributed by atoms with E-state index < -0.39 is 0 Å². The van der Waals surface area contributed by atoms with Crippen molar-refractivity contribution in [1.29, 1.82) is 0 Å². The van der Waals surface area contributed by atoms with Gasteiger partial charge >= 0.3 is 0 Å². The number of rotatable bonds is 3. The zero-order valence-corrected chi connectivity index (χ0v) is 15.1. The summed E-state index contributed by atoms with van der Waals surface area (Å²) in [4.78, 5) is 22.3. The number of halogens is 1. The minimum atomic E-state index is 0.408. The van der Waals surface area contributed by atoms with Crippen LogP contribution in [0.1, 0.15) is 12.8 Å². The number of pyridine rings is 1. The van der Waals surface area contributed by atoms with Gasteiger partial charge in [-0.05, 0) is 25.0 Å². The molecular weight excluding hydrogens is 338 g/mol. The van der Waals surface area contributed by atoms with E-state index in [-0.39, 0.29) is 0 Å². The van der Waals surface area contributed by atoms with E-state index in [0.717, 1.165) is 49.0 Å². The normalized spacial score (nSPS) is 15.7. The van der Waals surface area contributed by atoms with Gasteiger partial charge < -0.3 is 9.80 Å². The van der Waals surface area contributed by atoms with E-state index in [1.54, 1.807) is 18.6 Å². The Labute approximate surface area is 151 Å². The van der Waals surface area contributed by atoms with E-state index in [1.165, 1.54) is 0 Å². The molecule has 130 valence electrons. The van der Waals surface area contributed by atoms with Crippen LogP contribution in [0.5, 0.6) is 0 Å². The van der Waals surface area contributed by atoms with Gasteiger partial charge in [-0.1, -0.05) is 11.6 Å². The SMILES string of the molecule is CN(c1ncc(Cl)cn1)C1CCN(c2nc3cccnc3n2C)CC1. The Morgan fingerprint density at radius 1 is 1.16 bits per heavy atom. The van der Waals surface area contributed by atoms with Gasteiger partial charge in [-0.15, -0.1) is 0 Å². The second kappa shape index (κ2) is 6.48. The molecule has 0 aromatic carbocycles. The fraction of sp³-hybridized carbons (Fsp3) is 0.412. The van der Waals surface area contributed by atoms with Crippen molar-refractivity contribution in [2.75, 3.05) is 29.9 Å². The van der Waals surface area contributed by atoms with Crippen LogP contribution in [0.2, 0.25) is 5.02 Å². The molecular formula is C17H20ClN7. The monoisotopic (exact) mass is 357 g/mol. The van der Waals surface area contributed by atoms with Crippen molar-refractivity contribution in [3.63, 3.8) is 0 Å². The molecule has 0 atom stereocenters. The maximum absolute atomic E-state index is 5.87. The predicted octanol–water partition coefficient (Wildman–Crippen LogP) is 2.52. The van der Waals surface area contributed by atoms with Crippen LogP contribution < -0.4 is 9.80 Å². The van der Waals surface area contributed by atoms with Gasteiger partial charge in [0.15, 0.2) is 5.65 Å². The Kier molecular flexibility index (Phi) is 4.17. The molecule has 4 heterocycles. The zero-order chi connectivity index (χ0) is 17.4. The highest BCUT2D eigenvalue weighted by Crippen LogP contribution is 2.25. The van der Waals surface area contributed by atoms with Crippen LogP contribution in [-0.2, 0) is 7.05 Å². The van der Waals surface area contributed by atoms with E-state index >= 15 is 0 Å². The van der Waals surface area contributed by atoms with Crippen molar-refractivity contribution in [1.82, 2.24) is 24.5 Å². The molecule has 8 heteroatoms. The zero-order valence-electron chi connectivity index (χ0n) is 14.3. The number of hydrogen-bond donors (Lipinski definition) is 0. The van der Waals surface area contributed by atoms with Crippen molar-refractivity contribution < 1.29 is 0 Å². The fourth-order valence-electron chi connectivity index (χ4n) is 3.40. The molecule has 0 bridgehead atoms. The standard InChI is InChI=1S/C17H20ClN7/c1-23(16-20-10-12(18)11-21-16)13-5-8-25(9-6-13)17-22-14-4-3-7-19-15(14)24(17)2/h3-4,7,10-11,13H,5-6,8-9H2,1-2H3. The first kappa shape index (κ1) is 16.1. The molecule has 0 radical (unpaired) electrons. The molecule has 4 rings (SSSR count). The molecule has 25 heavy (non-hydrogen) atoms. The van der Waals surface area contributed by atoms with E-state index in [9.17, 15) is 0 Å². The van der Waals surface area contributed by atoms with Gasteiger partial charge in [-0.3, -0.25) is 4.57 Å². The van der Waals surface area contributed by atoms with Gasteiger partial charge in [0.05, 0.1) is 17.4 Å². The Bertz CT molecular complexity index is 868. The quantitative estimate of drug-likeness (QED) is 0.717. The minimum absolute atomic E-state index is 0.408. The third-order valence-electron chi connectivity index (χ3n) is 4.82. The number of fused-ring (bicyclic) bond motifs is 1. The molecule has 0 aliphatic carbocycles. The van der Waals surface area contributed by atoms with E-state index in [0.29, 0.717) is 11.1 Å². The summed E-state index contributed by atoms with van der Waals surface area (Å²) < 4.78 is 2.07. The number of nitrogens with zero attached hydrogens (tertiary/aromatic N) is 7. The summed E-state index contributed by atoms with van der Waals surface area (Å²) in [6, 6.07) is 4.33. The van der Waals surface area contributed by atoms with Gasteiger partial charge in [-0.25, -0.2) is 19.9 Å². The summed E-state index contributed by atoms with van der Waals surface area (Å²) in [5.74, 6) is 1.70. The Morgan fingerprint density at radius 3 is 2.56 bits per heavy atom. The van der Waals surface area contributed by atoms with Crippen molar-refractivity contribution >= 4 is 34.7 Å². The molecule has 0 saturated carbocycles. The highest BCUT2D eigenvalue weighted by Gasteiger charge is 2.26. The Morgan fingerprint density at radius 2 is 1.88 bits per heavy atom. The van der Waals surface area contributed by atoms with Gasteiger partial charge in [-0.2, -0.15) is 0 Å². The summed E-state index contributed by atoms with van der Waals surface area (Å²) >= 11 is 5.87. The molecule has 0 amide bonds. The van der Waals surface area contributed by atoms with E-state index in [1.807, 2.05) is 26.2 Å². The highest BCUT2D eigenvalue weighted by atomic mass is 35.5. The number of imidazole rings is 1. The molecule has 0 spiro atoms. The molecule has 1 aliphatic rings. The van der Waals surface area contributed by atoms with Crippen LogP contribution >= 0.6 is 11.6 Å². The minimum Gasteiger partial charge on any atom is -0.342 e. The number of aryl methyl sites for hydroxylation is 1. The van der Waals surface area contributed by atoms with Crippen molar-refractivity contribution in [3.8, 4) is 0 Å². The fourth-order valence-corrected chi connectivity index (χ4v) is 3.50. The largest absolute Gasteiger partial charge is 0.342 e. The van der Waals surface area contributed by atoms with Crippen molar-refractivity contribution in [2.45, 2.75) is 18.9 Å². The first-order valence-electron chi connectivity index (χ1n) is 8.36. The summed E-state index contributed by atoms with van der Waals surface area (Å²) in [5.41, 5.74) is 1.86. The van der Waals surface area contributed by atoms with Gasteiger partial charge in [0.1, 0.15) is 5.52 Å². The highest BCUT2D eigenvalue weighted by molar-refractivity contribution is 6.30. The van der Waals surface area contributed by atoms with Gasteiger partial charge in [0.2, 0.25) is 11.9 Å². The van der Waals surface area contributed by atoms with Crippen LogP contribution in [-0.4, -0.2) is 50.7 Å². The first-order chi connectivity index (χ1) is 12.1. The average molecular weight is 358 g/mol. The van der Waals surface area contributed by atoms with Crippen LogP contribution in [0.25, 0.3) is 11.2 Å². The maximum atomic E-state index is 5.87. The molecule has 0 unspecified atom stereocenters. The van der Waals surface area contributed by atoms with Gasteiger partial charge in [0, 0.05) is 39.4 Å². The molecule has 1 fully saturated rings. The van der Waals surface area contributed by atoms with E-state index in [2.05, 4.69) is 29.3 Å². The van der Waals surface area contributed by atoms with Crippen LogP contribution in [0.4, 0.5) is 11.9 Å². The predicted molar refractivity (Wildman–Crippen MR) is 99.2 cm³/mol. The summed E-state index contributed by atoms with van der Waals surface area (Å²) in [7, 11) is 4.07. The van der Waals surface area contributed by atoms with Crippen LogP contribution in [0.15, 0.2) is 30.7 Å². The summed E-state index contributed by atoms with van der Waals surface area (Å²) in [5, 5.41) is 0.558. The number of anilines is 2. The third-order valence-corrected chi connectivity index (χ3v) is 5.02. The summed E-state index contributed by atoms with van der Waals surface area (Å²) in [6.07, 6.45) is 7.14. The lowest BCUT2D eigenvalue weighted by Gasteiger charge is -2.37. The third kappa shape index (κ3) is 3.00. The molecule has 3 aromatic rings. The molecule has 0 N–H and O–H groups in total. The Balaban J connectivity index is 1.47. The smallest absolute Gasteiger partial charge is 0.225 e. The van der Waals surface area contributed by atoms with Crippen LogP contribution in [0.3, 0.4) is 0 Å². The number of hydrogen-bond acceptors (Lipinski definition) is 6. The van der Waals surface area contributed by atoms with Crippen molar-refractivity contribution in [2.24, 2.45) is 7.05 Å². The van der Waals surface area contributed by atoms with E-state index in [4.69, 9.17) is 16.6 Å². The second-order valence-electron chi connectivity index (χ2n) is 6.35. The average Bonchev–Trinajstić information content (AvgIpc) is 2.99.